The first-order valence-corrected chi connectivity index (χ1v) is 10.4. The van der Waals surface area contributed by atoms with E-state index in [-0.39, 0.29) is 11.5 Å². The predicted octanol–water partition coefficient (Wildman–Crippen LogP) is 3.12. The molecule has 5 heterocycles. The summed E-state index contributed by atoms with van der Waals surface area (Å²) < 4.78 is 7.22. The van der Waals surface area contributed by atoms with E-state index in [2.05, 4.69) is 30.1 Å². The number of imidazole rings is 1. The zero-order valence-corrected chi connectivity index (χ0v) is 17.8. The van der Waals surface area contributed by atoms with Gasteiger partial charge >= 0.3 is 0 Å². The summed E-state index contributed by atoms with van der Waals surface area (Å²) in [6.45, 7) is 1.97. The fourth-order valence-electron chi connectivity index (χ4n) is 4.04. The number of carbonyl (C=O) groups is 1. The molecular formula is C23H21N7O3. The van der Waals surface area contributed by atoms with Gasteiger partial charge in [0.25, 0.3) is 5.56 Å². The SMILES string of the molecule is Cc1[nH]c(Cc2nccnc2-c2c[nH][nH]c2=O)c(-c2ccco2)c1CCC(=O)n1ccnc1. The zero-order valence-electron chi connectivity index (χ0n) is 17.8. The number of aryl methyl sites for hydroxylation is 1. The number of H-pyrrole nitrogens is 3. The second-order valence-electron chi connectivity index (χ2n) is 7.61. The Morgan fingerprint density at radius 3 is 2.82 bits per heavy atom. The Kier molecular flexibility index (Phi) is 5.31. The van der Waals surface area contributed by atoms with Gasteiger partial charge in [0.1, 0.15) is 12.1 Å². The highest BCUT2D eigenvalue weighted by Gasteiger charge is 2.22. The van der Waals surface area contributed by atoms with Crippen molar-refractivity contribution in [2.45, 2.75) is 26.2 Å². The first-order valence-electron chi connectivity index (χ1n) is 10.4. The topological polar surface area (TPSA) is 138 Å². The lowest BCUT2D eigenvalue weighted by Gasteiger charge is -2.08. The number of aromatic amines is 3. The summed E-state index contributed by atoms with van der Waals surface area (Å²) in [4.78, 5) is 41.0. The molecule has 5 aromatic heterocycles. The minimum absolute atomic E-state index is 0.0389. The number of furan rings is 1. The van der Waals surface area contributed by atoms with Gasteiger partial charge in [-0.15, -0.1) is 0 Å². The van der Waals surface area contributed by atoms with Crippen molar-refractivity contribution < 1.29 is 9.21 Å². The van der Waals surface area contributed by atoms with E-state index in [4.69, 9.17) is 4.42 Å². The molecule has 0 aromatic carbocycles. The van der Waals surface area contributed by atoms with Crippen LogP contribution in [0.15, 0.2) is 64.9 Å². The van der Waals surface area contributed by atoms with Crippen LogP contribution in [0, 0.1) is 6.92 Å². The third kappa shape index (κ3) is 3.93. The number of aromatic nitrogens is 7. The van der Waals surface area contributed by atoms with Crippen molar-refractivity contribution in [1.29, 1.82) is 0 Å². The summed E-state index contributed by atoms with van der Waals surface area (Å²) >= 11 is 0. The predicted molar refractivity (Wildman–Crippen MR) is 120 cm³/mol. The van der Waals surface area contributed by atoms with Crippen LogP contribution in [0.4, 0.5) is 0 Å². The van der Waals surface area contributed by atoms with Crippen molar-refractivity contribution >= 4 is 5.91 Å². The van der Waals surface area contributed by atoms with Crippen LogP contribution in [-0.4, -0.2) is 40.6 Å². The van der Waals surface area contributed by atoms with Crippen LogP contribution in [0.1, 0.15) is 33.9 Å². The van der Waals surface area contributed by atoms with Gasteiger partial charge in [-0.25, -0.2) is 4.98 Å². The zero-order chi connectivity index (χ0) is 22.8. The van der Waals surface area contributed by atoms with Crippen LogP contribution in [0.2, 0.25) is 0 Å². The number of rotatable bonds is 7. The summed E-state index contributed by atoms with van der Waals surface area (Å²) in [5, 5.41) is 5.24. The van der Waals surface area contributed by atoms with Gasteiger partial charge in [-0.1, -0.05) is 0 Å². The van der Waals surface area contributed by atoms with Crippen molar-refractivity contribution in [1.82, 2.24) is 34.7 Å². The Morgan fingerprint density at radius 2 is 2.09 bits per heavy atom. The van der Waals surface area contributed by atoms with Crippen molar-refractivity contribution in [3.8, 4) is 22.6 Å². The second kappa shape index (κ2) is 8.58. The molecule has 0 amide bonds. The quantitative estimate of drug-likeness (QED) is 0.353. The fourth-order valence-corrected chi connectivity index (χ4v) is 4.04. The van der Waals surface area contributed by atoms with Gasteiger partial charge in [0, 0.05) is 60.8 Å². The molecule has 10 nitrogen and oxygen atoms in total. The Hall–Kier alpha value is -4.47. The first-order chi connectivity index (χ1) is 16.1. The Morgan fingerprint density at radius 1 is 1.21 bits per heavy atom. The molecular weight excluding hydrogens is 422 g/mol. The molecule has 0 spiro atoms. The highest BCUT2D eigenvalue weighted by molar-refractivity contribution is 5.79. The average molecular weight is 443 g/mol. The minimum Gasteiger partial charge on any atom is -0.464 e. The molecule has 0 fully saturated rings. The minimum atomic E-state index is -0.260. The molecule has 0 saturated heterocycles. The number of hydrogen-bond donors (Lipinski definition) is 3. The van der Waals surface area contributed by atoms with E-state index in [1.165, 1.54) is 10.9 Å². The van der Waals surface area contributed by atoms with Gasteiger partial charge in [-0.05, 0) is 31.0 Å². The fraction of sp³-hybridized carbons (Fsp3) is 0.174. The maximum absolute atomic E-state index is 12.5. The molecule has 0 atom stereocenters. The Balaban J connectivity index is 1.52. The van der Waals surface area contributed by atoms with Gasteiger partial charge in [0.05, 0.1) is 23.2 Å². The van der Waals surface area contributed by atoms with Gasteiger partial charge in [0.15, 0.2) is 0 Å². The third-order valence-electron chi connectivity index (χ3n) is 5.56. The molecule has 0 aliphatic rings. The number of hydrogen-bond acceptors (Lipinski definition) is 6. The van der Waals surface area contributed by atoms with Crippen LogP contribution >= 0.6 is 0 Å². The molecule has 0 unspecified atom stereocenters. The summed E-state index contributed by atoms with van der Waals surface area (Å²) in [5.74, 6) is 0.660. The summed E-state index contributed by atoms with van der Waals surface area (Å²) in [5.41, 5.74) is 5.04. The Bertz CT molecular complexity index is 1440. The van der Waals surface area contributed by atoms with E-state index in [0.29, 0.717) is 42.0 Å². The summed E-state index contributed by atoms with van der Waals surface area (Å²) in [6.07, 6.45) is 12.3. The van der Waals surface area contributed by atoms with Gasteiger partial charge in [-0.2, -0.15) is 0 Å². The highest BCUT2D eigenvalue weighted by Crippen LogP contribution is 2.33. The van der Waals surface area contributed by atoms with Crippen LogP contribution in [-0.2, 0) is 12.8 Å². The lowest BCUT2D eigenvalue weighted by atomic mass is 9.99. The maximum atomic E-state index is 12.5. The van der Waals surface area contributed by atoms with E-state index in [0.717, 1.165) is 22.5 Å². The molecule has 0 aliphatic carbocycles. The molecule has 3 N–H and O–H groups in total. The van der Waals surface area contributed by atoms with E-state index in [1.54, 1.807) is 37.2 Å². The first kappa shape index (κ1) is 20.4. The van der Waals surface area contributed by atoms with Crippen molar-refractivity contribution in [2.24, 2.45) is 0 Å². The molecule has 0 radical (unpaired) electrons. The molecule has 5 aromatic rings. The van der Waals surface area contributed by atoms with Crippen molar-refractivity contribution in [3.63, 3.8) is 0 Å². The van der Waals surface area contributed by atoms with Gasteiger partial charge in [-0.3, -0.25) is 29.2 Å². The van der Waals surface area contributed by atoms with Crippen molar-refractivity contribution in [2.75, 3.05) is 0 Å². The number of nitrogens with one attached hydrogen (secondary N) is 3. The Labute approximate surface area is 187 Å². The highest BCUT2D eigenvalue weighted by atomic mass is 16.3. The van der Waals surface area contributed by atoms with Crippen LogP contribution < -0.4 is 5.56 Å². The van der Waals surface area contributed by atoms with E-state index in [9.17, 15) is 9.59 Å². The van der Waals surface area contributed by atoms with E-state index >= 15 is 0 Å². The summed E-state index contributed by atoms with van der Waals surface area (Å²) in [6, 6.07) is 3.72. The third-order valence-corrected chi connectivity index (χ3v) is 5.56. The van der Waals surface area contributed by atoms with Crippen LogP contribution in [0.5, 0.6) is 0 Å². The lowest BCUT2D eigenvalue weighted by molar-refractivity contribution is 0.0903. The molecule has 10 heteroatoms. The van der Waals surface area contributed by atoms with Gasteiger partial charge < -0.3 is 14.5 Å². The molecule has 0 saturated carbocycles. The lowest BCUT2D eigenvalue weighted by Crippen LogP contribution is -2.09. The maximum Gasteiger partial charge on any atom is 0.273 e. The largest absolute Gasteiger partial charge is 0.464 e. The molecule has 0 aliphatic heterocycles. The average Bonchev–Trinajstić information content (AvgIpc) is 3.61. The van der Waals surface area contributed by atoms with E-state index < -0.39 is 0 Å². The smallest absolute Gasteiger partial charge is 0.273 e. The van der Waals surface area contributed by atoms with E-state index in [1.807, 2.05) is 19.1 Å². The van der Waals surface area contributed by atoms with Crippen LogP contribution in [0.25, 0.3) is 22.6 Å². The standard InChI is InChI=1S/C23H21N7O3/c1-14-15(4-5-20(31)30-9-8-24-13-30)21(19-3-2-10-33-19)17(28-14)11-18-22(26-7-6-25-18)16-12-27-29-23(16)32/h2-3,6-10,12-13,28H,4-5,11H2,1H3,(H2,27,29,32). The van der Waals surface area contributed by atoms with Crippen LogP contribution in [0.3, 0.4) is 0 Å². The van der Waals surface area contributed by atoms with Gasteiger partial charge in [0.2, 0.25) is 5.91 Å². The molecule has 5 rings (SSSR count). The number of carbonyl (C=O) groups excluding carboxylic acids is 1. The molecule has 166 valence electrons. The monoisotopic (exact) mass is 443 g/mol. The van der Waals surface area contributed by atoms with Crippen molar-refractivity contribution in [3.05, 3.63) is 88.7 Å². The number of nitrogens with zero attached hydrogens (tertiary/aromatic N) is 4. The molecule has 33 heavy (non-hydrogen) atoms. The second-order valence-corrected chi connectivity index (χ2v) is 7.61. The normalized spacial score (nSPS) is 11.2. The summed E-state index contributed by atoms with van der Waals surface area (Å²) in [7, 11) is 0. The molecule has 0 bridgehead atoms.